The minimum atomic E-state index is -4.34. The lowest BCUT2D eigenvalue weighted by Gasteiger charge is -2.09. The van der Waals surface area contributed by atoms with Crippen molar-refractivity contribution in [2.45, 2.75) is 19.0 Å². The number of rotatable bonds is 6. The summed E-state index contributed by atoms with van der Waals surface area (Å²) in [6.07, 6.45) is -5.80. The molecule has 0 bridgehead atoms. The predicted molar refractivity (Wildman–Crippen MR) is 60.8 cm³/mol. The molecule has 20 heavy (non-hydrogen) atoms. The van der Waals surface area contributed by atoms with Crippen molar-refractivity contribution >= 4 is 11.7 Å². The number of carbonyl (C=O) groups is 1. The number of alkyl halides is 3. The van der Waals surface area contributed by atoms with Crippen LogP contribution in [-0.4, -0.2) is 28.8 Å². The fourth-order valence-corrected chi connectivity index (χ4v) is 1.37. The molecule has 0 heterocycles. The summed E-state index contributed by atoms with van der Waals surface area (Å²) in [5.74, 6) is -1.68. The van der Waals surface area contributed by atoms with E-state index in [0.29, 0.717) is 0 Å². The highest BCUT2D eigenvalue weighted by Gasteiger charge is 2.26. The molecule has 0 unspecified atom stereocenters. The van der Waals surface area contributed by atoms with Crippen LogP contribution in [0.2, 0.25) is 0 Å². The molecule has 0 aromatic heterocycles. The number of halogens is 3. The van der Waals surface area contributed by atoms with Crippen LogP contribution in [-0.2, 0) is 0 Å². The maximum atomic E-state index is 11.9. The van der Waals surface area contributed by atoms with Crippen molar-refractivity contribution in [2.24, 2.45) is 0 Å². The van der Waals surface area contributed by atoms with Gasteiger partial charge < -0.3 is 9.84 Å². The molecule has 9 heteroatoms. The van der Waals surface area contributed by atoms with Gasteiger partial charge in [-0.25, -0.2) is 4.79 Å². The molecule has 6 nitrogen and oxygen atoms in total. The molecule has 1 aromatic rings. The van der Waals surface area contributed by atoms with Crippen molar-refractivity contribution in [3.05, 3.63) is 33.9 Å². The van der Waals surface area contributed by atoms with Gasteiger partial charge in [0.1, 0.15) is 0 Å². The fourth-order valence-electron chi connectivity index (χ4n) is 1.37. The number of nitro groups is 1. The Labute approximate surface area is 110 Å². The highest BCUT2D eigenvalue weighted by Crippen LogP contribution is 2.29. The van der Waals surface area contributed by atoms with Gasteiger partial charge in [0.05, 0.1) is 17.1 Å². The number of hydrogen-bond donors (Lipinski definition) is 1. The lowest BCUT2D eigenvalue weighted by Crippen LogP contribution is -2.10. The van der Waals surface area contributed by atoms with Crippen molar-refractivity contribution in [1.29, 1.82) is 0 Å². The standard InChI is InChI=1S/C11H10F3NO5/c12-11(13,14)4-1-5-20-9-6-7(10(16)17)2-3-8(9)15(18)19/h2-3,6H,1,4-5H2,(H,16,17). The van der Waals surface area contributed by atoms with Crippen molar-refractivity contribution in [3.63, 3.8) is 0 Å². The second kappa shape index (κ2) is 6.22. The van der Waals surface area contributed by atoms with Crippen LogP contribution < -0.4 is 4.74 Å². The average Bonchev–Trinajstić information content (AvgIpc) is 2.33. The van der Waals surface area contributed by atoms with E-state index in [1.165, 1.54) is 0 Å². The first-order valence-corrected chi connectivity index (χ1v) is 5.42. The summed E-state index contributed by atoms with van der Waals surface area (Å²) in [7, 11) is 0. The van der Waals surface area contributed by atoms with Gasteiger partial charge in [0.25, 0.3) is 0 Å². The number of carboxylic acids is 1. The summed E-state index contributed by atoms with van der Waals surface area (Å²) >= 11 is 0. The minimum absolute atomic E-state index is 0.249. The number of nitro benzene ring substituents is 1. The van der Waals surface area contributed by atoms with Crippen molar-refractivity contribution in [1.82, 2.24) is 0 Å². The first kappa shape index (κ1) is 15.7. The molecule has 1 N–H and O–H groups in total. The lowest BCUT2D eigenvalue weighted by molar-refractivity contribution is -0.385. The molecular weight excluding hydrogens is 283 g/mol. The zero-order chi connectivity index (χ0) is 15.3. The maximum absolute atomic E-state index is 11.9. The first-order valence-electron chi connectivity index (χ1n) is 5.42. The molecule has 0 atom stereocenters. The van der Waals surface area contributed by atoms with Gasteiger partial charge in [-0.2, -0.15) is 13.2 Å². The topological polar surface area (TPSA) is 89.7 Å². The van der Waals surface area contributed by atoms with Gasteiger partial charge in [0.15, 0.2) is 5.75 Å². The molecule has 110 valence electrons. The molecule has 0 radical (unpaired) electrons. The fraction of sp³-hybridized carbons (Fsp3) is 0.364. The first-order chi connectivity index (χ1) is 9.20. The smallest absolute Gasteiger partial charge is 0.389 e. The monoisotopic (exact) mass is 293 g/mol. The minimum Gasteiger partial charge on any atom is -0.487 e. The number of ether oxygens (including phenoxy) is 1. The highest BCUT2D eigenvalue weighted by atomic mass is 19.4. The van der Waals surface area contributed by atoms with E-state index in [-0.39, 0.29) is 17.7 Å². The lowest BCUT2D eigenvalue weighted by atomic mass is 10.2. The molecule has 1 rings (SSSR count). The van der Waals surface area contributed by atoms with Crippen molar-refractivity contribution in [3.8, 4) is 5.75 Å². The van der Waals surface area contributed by atoms with E-state index < -0.39 is 35.8 Å². The summed E-state index contributed by atoms with van der Waals surface area (Å²) in [6, 6.07) is 2.86. The van der Waals surface area contributed by atoms with Crippen molar-refractivity contribution < 1.29 is 32.7 Å². The zero-order valence-corrected chi connectivity index (χ0v) is 10.0. The molecule has 0 aliphatic rings. The summed E-state index contributed by atoms with van der Waals surface area (Å²) < 4.78 is 40.6. The van der Waals surface area contributed by atoms with Crippen LogP contribution in [0.25, 0.3) is 0 Å². The Morgan fingerprint density at radius 3 is 2.55 bits per heavy atom. The number of aromatic carboxylic acids is 1. The van der Waals surface area contributed by atoms with Gasteiger partial charge in [0, 0.05) is 18.6 Å². The van der Waals surface area contributed by atoms with Crippen LogP contribution in [0.15, 0.2) is 18.2 Å². The highest BCUT2D eigenvalue weighted by molar-refractivity contribution is 5.88. The molecule has 0 aliphatic heterocycles. The Hall–Kier alpha value is -2.32. The van der Waals surface area contributed by atoms with E-state index in [1.807, 2.05) is 0 Å². The molecule has 0 fully saturated rings. The van der Waals surface area contributed by atoms with E-state index in [4.69, 9.17) is 9.84 Å². The number of hydrogen-bond acceptors (Lipinski definition) is 4. The Morgan fingerprint density at radius 1 is 1.40 bits per heavy atom. The molecule has 1 aromatic carbocycles. The quantitative estimate of drug-likeness (QED) is 0.494. The van der Waals surface area contributed by atoms with Gasteiger partial charge in [-0.1, -0.05) is 0 Å². The third-order valence-corrected chi connectivity index (χ3v) is 2.27. The van der Waals surface area contributed by atoms with E-state index in [2.05, 4.69) is 0 Å². The van der Waals surface area contributed by atoms with Crippen molar-refractivity contribution in [2.75, 3.05) is 6.61 Å². The van der Waals surface area contributed by atoms with Crippen LogP contribution in [0.4, 0.5) is 18.9 Å². The van der Waals surface area contributed by atoms with Crippen LogP contribution in [0, 0.1) is 10.1 Å². The summed E-state index contributed by atoms with van der Waals surface area (Å²) in [4.78, 5) is 20.6. The van der Waals surface area contributed by atoms with Crippen LogP contribution in [0.1, 0.15) is 23.2 Å². The van der Waals surface area contributed by atoms with E-state index in [1.54, 1.807) is 0 Å². The largest absolute Gasteiger partial charge is 0.487 e. The van der Waals surface area contributed by atoms with Gasteiger partial charge in [0.2, 0.25) is 0 Å². The Bertz CT molecular complexity index is 515. The van der Waals surface area contributed by atoms with E-state index in [0.717, 1.165) is 18.2 Å². The van der Waals surface area contributed by atoms with Gasteiger partial charge in [-0.05, 0) is 12.5 Å². The number of nitrogens with zero attached hydrogens (tertiary/aromatic N) is 1. The second-order valence-electron chi connectivity index (χ2n) is 3.81. The van der Waals surface area contributed by atoms with Gasteiger partial charge in [-0.3, -0.25) is 10.1 Å². The summed E-state index contributed by atoms with van der Waals surface area (Å²) in [5, 5.41) is 19.4. The summed E-state index contributed by atoms with van der Waals surface area (Å²) in [6.45, 7) is -0.399. The Balaban J connectivity index is 2.78. The predicted octanol–water partition coefficient (Wildman–Crippen LogP) is 3.01. The third-order valence-electron chi connectivity index (χ3n) is 2.27. The molecule has 0 saturated heterocycles. The zero-order valence-electron chi connectivity index (χ0n) is 10.0. The van der Waals surface area contributed by atoms with E-state index in [9.17, 15) is 28.1 Å². The van der Waals surface area contributed by atoms with Crippen LogP contribution in [0.5, 0.6) is 5.75 Å². The van der Waals surface area contributed by atoms with Crippen LogP contribution >= 0.6 is 0 Å². The summed E-state index contributed by atoms with van der Waals surface area (Å²) in [5.41, 5.74) is -0.747. The normalized spacial score (nSPS) is 11.2. The molecule has 0 saturated carbocycles. The van der Waals surface area contributed by atoms with Gasteiger partial charge in [-0.15, -0.1) is 0 Å². The molecule has 0 amide bonds. The average molecular weight is 293 g/mol. The second-order valence-corrected chi connectivity index (χ2v) is 3.81. The third kappa shape index (κ3) is 4.75. The number of benzene rings is 1. The molecule has 0 spiro atoms. The molecule has 0 aliphatic carbocycles. The maximum Gasteiger partial charge on any atom is 0.389 e. The van der Waals surface area contributed by atoms with Gasteiger partial charge >= 0.3 is 17.8 Å². The Morgan fingerprint density at radius 2 is 2.05 bits per heavy atom. The SMILES string of the molecule is O=C(O)c1ccc([N+](=O)[O-])c(OCCCC(F)(F)F)c1. The van der Waals surface area contributed by atoms with Crippen LogP contribution in [0.3, 0.4) is 0 Å². The molecular formula is C11H10F3NO5. The number of carboxylic acid groups (broad SMARTS) is 1. The Kier molecular flexibility index (Phi) is 4.89. The van der Waals surface area contributed by atoms with E-state index >= 15 is 0 Å².